The van der Waals surface area contributed by atoms with Crippen molar-refractivity contribution in [3.05, 3.63) is 47.5 Å². The maximum atomic E-state index is 12.1. The van der Waals surface area contributed by atoms with E-state index in [2.05, 4.69) is 10.5 Å². The van der Waals surface area contributed by atoms with Gasteiger partial charge in [0.2, 0.25) is 13.6 Å². The molecule has 1 amide bonds. The topological polar surface area (TPSA) is 78.4 Å². The second kappa shape index (κ2) is 5.53. The summed E-state index contributed by atoms with van der Waals surface area (Å²) in [5.74, 6) is 2.21. The zero-order valence-electron chi connectivity index (χ0n) is 11.9. The summed E-state index contributed by atoms with van der Waals surface area (Å²) < 4.78 is 21.0. The summed E-state index contributed by atoms with van der Waals surface area (Å²) in [5.41, 5.74) is 3.70. The van der Waals surface area contributed by atoms with Gasteiger partial charge in [-0.3, -0.25) is 4.79 Å². The fraction of sp³-hybridized carbons (Fsp3) is 0.125. The third-order valence-electron chi connectivity index (χ3n) is 3.41. The van der Waals surface area contributed by atoms with E-state index >= 15 is 0 Å². The van der Waals surface area contributed by atoms with Gasteiger partial charge in [-0.15, -0.1) is 0 Å². The van der Waals surface area contributed by atoms with E-state index in [-0.39, 0.29) is 19.5 Å². The molecule has 0 saturated carbocycles. The minimum atomic E-state index is -0.333. The fourth-order valence-corrected chi connectivity index (χ4v) is 2.26. The molecule has 0 atom stereocenters. The highest BCUT2D eigenvalue weighted by Crippen LogP contribution is 2.33. The first-order chi connectivity index (χ1) is 11.3. The van der Waals surface area contributed by atoms with Crippen LogP contribution in [0, 0.1) is 0 Å². The van der Waals surface area contributed by atoms with Crippen molar-refractivity contribution < 1.29 is 23.7 Å². The highest BCUT2D eigenvalue weighted by Gasteiger charge is 2.16. The van der Waals surface area contributed by atoms with E-state index in [1.807, 2.05) is 6.07 Å². The summed E-state index contributed by atoms with van der Waals surface area (Å²) in [5, 5.41) is 3.94. The summed E-state index contributed by atoms with van der Waals surface area (Å²) in [6.07, 6.45) is 1.53. The van der Waals surface area contributed by atoms with E-state index in [9.17, 15) is 4.79 Å². The average molecular weight is 312 g/mol. The zero-order chi connectivity index (χ0) is 15.6. The Hall–Kier alpha value is -3.22. The van der Waals surface area contributed by atoms with Crippen LogP contribution in [-0.4, -0.2) is 25.7 Å². The maximum absolute atomic E-state index is 12.1. The average Bonchev–Trinajstić information content (AvgIpc) is 3.22. The normalized spacial score (nSPS) is 14.3. The molecule has 2 heterocycles. The van der Waals surface area contributed by atoms with Crippen LogP contribution in [0.15, 0.2) is 41.5 Å². The molecule has 0 aliphatic carbocycles. The summed E-state index contributed by atoms with van der Waals surface area (Å²) >= 11 is 0. The Morgan fingerprint density at radius 3 is 2.35 bits per heavy atom. The quantitative estimate of drug-likeness (QED) is 0.692. The molecule has 0 radical (unpaired) electrons. The number of hydrogen-bond donors (Lipinski definition) is 1. The molecule has 2 aromatic carbocycles. The lowest BCUT2D eigenvalue weighted by atomic mass is 10.2. The smallest absolute Gasteiger partial charge is 0.271 e. The van der Waals surface area contributed by atoms with Gasteiger partial charge in [0, 0.05) is 5.56 Å². The minimum absolute atomic E-state index is 0.169. The first-order valence-corrected chi connectivity index (χ1v) is 6.92. The van der Waals surface area contributed by atoms with Gasteiger partial charge in [-0.25, -0.2) is 5.43 Å². The molecule has 0 bridgehead atoms. The number of hydrazone groups is 1. The molecule has 23 heavy (non-hydrogen) atoms. The van der Waals surface area contributed by atoms with Crippen molar-refractivity contribution in [1.29, 1.82) is 0 Å². The first kappa shape index (κ1) is 13.4. The van der Waals surface area contributed by atoms with Crippen molar-refractivity contribution in [2.75, 3.05) is 13.6 Å². The largest absolute Gasteiger partial charge is 0.454 e. The summed E-state index contributed by atoms with van der Waals surface area (Å²) in [4.78, 5) is 12.1. The molecule has 0 aromatic heterocycles. The second-order valence-corrected chi connectivity index (χ2v) is 4.88. The van der Waals surface area contributed by atoms with Crippen LogP contribution in [0.25, 0.3) is 0 Å². The van der Waals surface area contributed by atoms with Crippen molar-refractivity contribution in [3.8, 4) is 23.0 Å². The van der Waals surface area contributed by atoms with Gasteiger partial charge >= 0.3 is 0 Å². The van der Waals surface area contributed by atoms with Gasteiger partial charge in [-0.05, 0) is 42.0 Å². The number of hydrogen-bond acceptors (Lipinski definition) is 6. The number of carbonyl (C=O) groups is 1. The molecular formula is C16H12N2O5. The molecular weight excluding hydrogens is 300 g/mol. The molecule has 7 heteroatoms. The van der Waals surface area contributed by atoms with Gasteiger partial charge in [0.15, 0.2) is 23.0 Å². The van der Waals surface area contributed by atoms with Crippen molar-refractivity contribution in [2.45, 2.75) is 0 Å². The summed E-state index contributed by atoms with van der Waals surface area (Å²) in [7, 11) is 0. The molecule has 2 aromatic rings. The Bertz CT molecular complexity index is 803. The van der Waals surface area contributed by atoms with Crippen molar-refractivity contribution in [1.82, 2.24) is 5.43 Å². The van der Waals surface area contributed by atoms with E-state index in [4.69, 9.17) is 18.9 Å². The molecule has 0 unspecified atom stereocenters. The lowest BCUT2D eigenvalue weighted by Crippen LogP contribution is -2.17. The Labute approximate surface area is 131 Å². The number of nitrogens with zero attached hydrogens (tertiary/aromatic N) is 1. The van der Waals surface area contributed by atoms with Gasteiger partial charge in [-0.2, -0.15) is 5.10 Å². The van der Waals surface area contributed by atoms with Gasteiger partial charge in [-0.1, -0.05) is 0 Å². The minimum Gasteiger partial charge on any atom is -0.454 e. The number of benzene rings is 2. The highest BCUT2D eigenvalue weighted by molar-refractivity contribution is 5.95. The number of fused-ring (bicyclic) bond motifs is 2. The zero-order valence-corrected chi connectivity index (χ0v) is 11.9. The van der Waals surface area contributed by atoms with Crippen LogP contribution in [0.4, 0.5) is 0 Å². The lowest BCUT2D eigenvalue weighted by molar-refractivity contribution is 0.0954. The fourth-order valence-electron chi connectivity index (χ4n) is 2.26. The number of nitrogens with one attached hydrogen (secondary N) is 1. The SMILES string of the molecule is O=C(N/N=C\c1ccc2c(c1)OCO2)c1ccc2c(c1)OCO2. The second-order valence-electron chi connectivity index (χ2n) is 4.88. The molecule has 2 aliphatic heterocycles. The first-order valence-electron chi connectivity index (χ1n) is 6.92. The van der Waals surface area contributed by atoms with Crippen LogP contribution in [0.1, 0.15) is 15.9 Å². The molecule has 7 nitrogen and oxygen atoms in total. The predicted molar refractivity (Wildman–Crippen MR) is 80.2 cm³/mol. The van der Waals surface area contributed by atoms with E-state index in [1.54, 1.807) is 30.3 Å². The van der Waals surface area contributed by atoms with Crippen LogP contribution in [0.3, 0.4) is 0 Å². The van der Waals surface area contributed by atoms with E-state index in [0.717, 1.165) is 5.56 Å². The molecule has 4 rings (SSSR count). The molecule has 1 N–H and O–H groups in total. The standard InChI is InChI=1S/C16H12N2O5/c19-16(11-2-4-13-15(6-11)23-9-21-13)18-17-7-10-1-3-12-14(5-10)22-8-20-12/h1-7H,8-9H2,(H,18,19)/b17-7-. The Morgan fingerprint density at radius 1 is 0.913 bits per heavy atom. The van der Waals surface area contributed by atoms with Crippen molar-refractivity contribution in [3.63, 3.8) is 0 Å². The van der Waals surface area contributed by atoms with Gasteiger partial charge < -0.3 is 18.9 Å². The van der Waals surface area contributed by atoms with Crippen LogP contribution < -0.4 is 24.4 Å². The molecule has 0 saturated heterocycles. The van der Waals surface area contributed by atoms with Crippen LogP contribution in [0.2, 0.25) is 0 Å². The Balaban J connectivity index is 1.43. The summed E-state index contributed by atoms with van der Waals surface area (Å²) in [6.45, 7) is 0.388. The molecule has 2 aliphatic rings. The van der Waals surface area contributed by atoms with Crippen molar-refractivity contribution in [2.24, 2.45) is 5.10 Å². The third-order valence-corrected chi connectivity index (χ3v) is 3.41. The van der Waals surface area contributed by atoms with Crippen LogP contribution in [0.5, 0.6) is 23.0 Å². The summed E-state index contributed by atoms with van der Waals surface area (Å²) in [6, 6.07) is 10.4. The predicted octanol–water partition coefficient (Wildman–Crippen LogP) is 1.91. The van der Waals surface area contributed by atoms with E-state index in [1.165, 1.54) is 6.21 Å². The number of ether oxygens (including phenoxy) is 4. The Morgan fingerprint density at radius 2 is 1.57 bits per heavy atom. The molecule has 0 spiro atoms. The van der Waals surface area contributed by atoms with Crippen LogP contribution in [-0.2, 0) is 0 Å². The highest BCUT2D eigenvalue weighted by atomic mass is 16.7. The van der Waals surface area contributed by atoms with Gasteiger partial charge in [0.1, 0.15) is 0 Å². The lowest BCUT2D eigenvalue weighted by Gasteiger charge is -2.02. The van der Waals surface area contributed by atoms with Gasteiger partial charge in [0.05, 0.1) is 6.21 Å². The Kier molecular flexibility index (Phi) is 3.23. The van der Waals surface area contributed by atoms with Crippen LogP contribution >= 0.6 is 0 Å². The monoisotopic (exact) mass is 312 g/mol. The molecule has 116 valence electrons. The number of rotatable bonds is 3. The van der Waals surface area contributed by atoms with Gasteiger partial charge in [0.25, 0.3) is 5.91 Å². The van der Waals surface area contributed by atoms with Crippen molar-refractivity contribution >= 4 is 12.1 Å². The van der Waals surface area contributed by atoms with E-state index < -0.39 is 0 Å². The third kappa shape index (κ3) is 2.64. The molecule has 0 fully saturated rings. The number of amides is 1. The van der Waals surface area contributed by atoms with E-state index in [0.29, 0.717) is 28.6 Å². The number of carbonyl (C=O) groups excluding carboxylic acids is 1. The maximum Gasteiger partial charge on any atom is 0.271 e.